The van der Waals surface area contributed by atoms with Gasteiger partial charge in [-0.05, 0) is 25.1 Å². The highest BCUT2D eigenvalue weighted by atomic mass is 32.2. The average molecular weight is 252 g/mol. The van der Waals surface area contributed by atoms with Gasteiger partial charge in [-0.15, -0.1) is 0 Å². The van der Waals surface area contributed by atoms with E-state index in [-0.39, 0.29) is 0 Å². The van der Waals surface area contributed by atoms with Gasteiger partial charge in [0.15, 0.2) is 0 Å². The van der Waals surface area contributed by atoms with Gasteiger partial charge in [-0.2, -0.15) is 11.8 Å². The van der Waals surface area contributed by atoms with Crippen LogP contribution in [0.15, 0.2) is 18.3 Å². The van der Waals surface area contributed by atoms with E-state index >= 15 is 0 Å². The van der Waals surface area contributed by atoms with Crippen molar-refractivity contribution >= 4 is 11.8 Å². The summed E-state index contributed by atoms with van der Waals surface area (Å²) in [4.78, 5) is 4.38. The number of aromatic nitrogens is 1. The first-order valence-corrected chi connectivity index (χ1v) is 7.21. The van der Waals surface area contributed by atoms with E-state index in [9.17, 15) is 0 Å². The van der Waals surface area contributed by atoms with Crippen molar-refractivity contribution in [1.82, 2.24) is 10.3 Å². The fourth-order valence-electron chi connectivity index (χ4n) is 1.54. The van der Waals surface area contributed by atoms with Crippen molar-refractivity contribution in [1.29, 1.82) is 0 Å². The number of thioether (sulfide) groups is 1. The number of nitrogens with one attached hydrogen (secondary N) is 1. The number of aryl methyl sites for hydroxylation is 1. The molecule has 1 atom stereocenters. The van der Waals surface area contributed by atoms with Crippen LogP contribution in [0.2, 0.25) is 0 Å². The molecule has 0 fully saturated rings. The molecule has 1 N–H and O–H groups in total. The molecule has 2 nitrogen and oxygen atoms in total. The molecule has 1 rings (SSSR count). The largest absolute Gasteiger partial charge is 0.309 e. The monoisotopic (exact) mass is 252 g/mol. The molecule has 1 heterocycles. The van der Waals surface area contributed by atoms with Crippen LogP contribution < -0.4 is 5.32 Å². The first-order chi connectivity index (χ1) is 7.92. The second-order valence-electron chi connectivity index (χ2n) is 5.27. The maximum atomic E-state index is 4.38. The van der Waals surface area contributed by atoms with E-state index in [0.717, 1.165) is 18.0 Å². The Morgan fingerprint density at radius 3 is 2.53 bits per heavy atom. The molecule has 17 heavy (non-hydrogen) atoms. The Labute approximate surface area is 110 Å². The molecule has 3 heteroatoms. The Kier molecular flexibility index (Phi) is 5.47. The summed E-state index contributed by atoms with van der Waals surface area (Å²) >= 11 is 1.99. The van der Waals surface area contributed by atoms with Crippen molar-refractivity contribution in [3.8, 4) is 0 Å². The summed E-state index contributed by atoms with van der Waals surface area (Å²) in [7, 11) is 0. The van der Waals surface area contributed by atoms with Crippen LogP contribution in [0.5, 0.6) is 0 Å². The molecule has 0 aliphatic heterocycles. The second kappa shape index (κ2) is 6.41. The summed E-state index contributed by atoms with van der Waals surface area (Å²) in [6.45, 7) is 11.9. The lowest BCUT2D eigenvalue weighted by molar-refractivity contribution is 0.601. The zero-order chi connectivity index (χ0) is 12.9. The molecule has 0 saturated carbocycles. The van der Waals surface area contributed by atoms with Gasteiger partial charge in [-0.1, -0.05) is 33.8 Å². The third-order valence-corrected chi connectivity index (χ3v) is 3.84. The van der Waals surface area contributed by atoms with Crippen LogP contribution in [0.4, 0.5) is 0 Å². The number of nitrogens with zero attached hydrogens (tertiary/aromatic N) is 1. The van der Waals surface area contributed by atoms with Gasteiger partial charge >= 0.3 is 0 Å². The van der Waals surface area contributed by atoms with Crippen molar-refractivity contribution in [2.24, 2.45) is 0 Å². The minimum absolute atomic E-state index is 0.311. The SMILES string of the molecule is CCNC(CSC(C)(C)C)c1ccc(C)nc1. The molecule has 96 valence electrons. The van der Waals surface area contributed by atoms with Crippen molar-refractivity contribution in [2.75, 3.05) is 12.3 Å². The molecule has 0 aromatic carbocycles. The molecular weight excluding hydrogens is 228 g/mol. The summed E-state index contributed by atoms with van der Waals surface area (Å²) < 4.78 is 0.311. The van der Waals surface area contributed by atoms with Crippen LogP contribution in [0.25, 0.3) is 0 Å². The van der Waals surface area contributed by atoms with E-state index in [4.69, 9.17) is 0 Å². The van der Waals surface area contributed by atoms with Crippen molar-refractivity contribution < 1.29 is 0 Å². The van der Waals surface area contributed by atoms with E-state index in [1.165, 1.54) is 5.56 Å². The Balaban J connectivity index is 2.68. The zero-order valence-corrected chi connectivity index (χ0v) is 12.4. The molecule has 0 amide bonds. The number of pyridine rings is 1. The highest BCUT2D eigenvalue weighted by Gasteiger charge is 2.16. The minimum Gasteiger partial charge on any atom is -0.309 e. The van der Waals surface area contributed by atoms with E-state index in [1.807, 2.05) is 24.9 Å². The molecule has 0 bridgehead atoms. The molecule has 0 aliphatic rings. The van der Waals surface area contributed by atoms with Crippen LogP contribution >= 0.6 is 11.8 Å². The quantitative estimate of drug-likeness (QED) is 0.867. The normalized spacial score (nSPS) is 13.7. The summed E-state index contributed by atoms with van der Waals surface area (Å²) in [5.74, 6) is 1.09. The second-order valence-corrected chi connectivity index (χ2v) is 7.11. The molecule has 0 saturated heterocycles. The molecule has 0 aliphatic carbocycles. The van der Waals surface area contributed by atoms with Crippen LogP contribution in [-0.2, 0) is 0 Å². The van der Waals surface area contributed by atoms with Crippen LogP contribution in [-0.4, -0.2) is 22.0 Å². The van der Waals surface area contributed by atoms with E-state index in [0.29, 0.717) is 10.8 Å². The van der Waals surface area contributed by atoms with Gasteiger partial charge in [-0.25, -0.2) is 0 Å². The van der Waals surface area contributed by atoms with Crippen LogP contribution in [0.1, 0.15) is 45.0 Å². The van der Waals surface area contributed by atoms with Gasteiger partial charge in [0.25, 0.3) is 0 Å². The van der Waals surface area contributed by atoms with Gasteiger partial charge in [0, 0.05) is 28.4 Å². The first kappa shape index (κ1) is 14.5. The van der Waals surface area contributed by atoms with E-state index < -0.39 is 0 Å². The molecule has 1 aromatic heterocycles. The van der Waals surface area contributed by atoms with Gasteiger partial charge < -0.3 is 5.32 Å². The summed E-state index contributed by atoms with van der Waals surface area (Å²) in [5.41, 5.74) is 2.36. The predicted molar refractivity (Wildman–Crippen MR) is 77.6 cm³/mol. The highest BCUT2D eigenvalue weighted by molar-refractivity contribution is 8.00. The predicted octanol–water partition coefficient (Wildman–Crippen LogP) is 3.57. The Morgan fingerprint density at radius 1 is 1.35 bits per heavy atom. The van der Waals surface area contributed by atoms with Crippen LogP contribution in [0.3, 0.4) is 0 Å². The van der Waals surface area contributed by atoms with Crippen molar-refractivity contribution in [2.45, 2.75) is 45.4 Å². The van der Waals surface area contributed by atoms with Gasteiger partial charge in [0.2, 0.25) is 0 Å². The average Bonchev–Trinajstić information content (AvgIpc) is 2.24. The zero-order valence-electron chi connectivity index (χ0n) is 11.6. The molecule has 1 aromatic rings. The summed E-state index contributed by atoms with van der Waals surface area (Å²) in [5, 5.41) is 3.53. The fourth-order valence-corrected chi connectivity index (χ4v) is 2.52. The topological polar surface area (TPSA) is 24.9 Å². The lowest BCUT2D eigenvalue weighted by atomic mass is 10.1. The molecular formula is C14H24N2S. The number of rotatable bonds is 5. The summed E-state index contributed by atoms with van der Waals surface area (Å²) in [6.07, 6.45) is 1.99. The maximum absolute atomic E-state index is 4.38. The van der Waals surface area contributed by atoms with E-state index in [2.05, 4.69) is 50.1 Å². The maximum Gasteiger partial charge on any atom is 0.0427 e. The third kappa shape index (κ3) is 5.55. The van der Waals surface area contributed by atoms with Gasteiger partial charge in [0.1, 0.15) is 0 Å². The van der Waals surface area contributed by atoms with Gasteiger partial charge in [0.05, 0.1) is 0 Å². The first-order valence-electron chi connectivity index (χ1n) is 6.22. The number of hydrogen-bond donors (Lipinski definition) is 1. The number of hydrogen-bond acceptors (Lipinski definition) is 3. The van der Waals surface area contributed by atoms with Crippen molar-refractivity contribution in [3.63, 3.8) is 0 Å². The van der Waals surface area contributed by atoms with Crippen molar-refractivity contribution in [3.05, 3.63) is 29.6 Å². The Morgan fingerprint density at radius 2 is 2.06 bits per heavy atom. The smallest absolute Gasteiger partial charge is 0.0427 e. The Bertz CT molecular complexity index is 327. The lowest BCUT2D eigenvalue weighted by Crippen LogP contribution is -2.25. The summed E-state index contributed by atoms with van der Waals surface area (Å²) in [6, 6.07) is 4.66. The molecule has 1 unspecified atom stereocenters. The van der Waals surface area contributed by atoms with E-state index in [1.54, 1.807) is 0 Å². The van der Waals surface area contributed by atoms with Crippen LogP contribution in [0, 0.1) is 6.92 Å². The minimum atomic E-state index is 0.311. The molecule has 0 spiro atoms. The fraction of sp³-hybridized carbons (Fsp3) is 0.643. The lowest BCUT2D eigenvalue weighted by Gasteiger charge is -2.23. The Hall–Kier alpha value is -0.540. The van der Waals surface area contributed by atoms with Gasteiger partial charge in [-0.3, -0.25) is 4.98 Å². The standard InChI is InChI=1S/C14H24N2S/c1-6-15-13(10-17-14(3,4)5)12-8-7-11(2)16-9-12/h7-9,13,15H,6,10H2,1-5H3. The molecule has 0 radical (unpaired) electrons. The third-order valence-electron chi connectivity index (χ3n) is 2.47. The highest BCUT2D eigenvalue weighted by Crippen LogP contribution is 2.28.